The molecule has 2 aromatic carbocycles. The van der Waals surface area contributed by atoms with Crippen LogP contribution in [0.15, 0.2) is 30.3 Å². The number of tetrazole rings is 1. The molecule has 0 saturated heterocycles. The van der Waals surface area contributed by atoms with Crippen LogP contribution in [0.4, 0.5) is 46.8 Å². The van der Waals surface area contributed by atoms with Gasteiger partial charge in [0.1, 0.15) is 0 Å². The normalized spacial score (nSPS) is 19.0. The van der Waals surface area contributed by atoms with Gasteiger partial charge in [0.15, 0.2) is 11.5 Å². The summed E-state index contributed by atoms with van der Waals surface area (Å²) in [5.41, 5.74) is -2.61. The summed E-state index contributed by atoms with van der Waals surface area (Å²) in [5, 5.41) is 20.9. The molecular weight excluding hydrogens is 660 g/mol. The van der Waals surface area contributed by atoms with Gasteiger partial charge in [-0.3, -0.25) is 4.79 Å². The van der Waals surface area contributed by atoms with Crippen LogP contribution in [-0.2, 0) is 37.3 Å². The lowest BCUT2D eigenvalue weighted by molar-refractivity contribution is -0.286. The van der Waals surface area contributed by atoms with E-state index >= 15 is 0 Å². The van der Waals surface area contributed by atoms with Crippen molar-refractivity contribution in [2.24, 2.45) is 18.9 Å². The number of benzene rings is 2. The molecule has 1 fully saturated rings. The van der Waals surface area contributed by atoms with E-state index < -0.39 is 42.3 Å². The van der Waals surface area contributed by atoms with E-state index in [1.807, 2.05) is 11.8 Å². The Morgan fingerprint density at radius 2 is 1.50 bits per heavy atom. The highest BCUT2D eigenvalue weighted by molar-refractivity contribution is 5.67. The lowest BCUT2D eigenvalue weighted by Gasteiger charge is -2.34. The second kappa shape index (κ2) is 13.3. The summed E-state index contributed by atoms with van der Waals surface area (Å²) in [6.45, 7) is 1.89. The number of carboxylic acid groups (broad SMARTS) is 1. The Labute approximate surface area is 269 Å². The minimum atomic E-state index is -5.07. The molecule has 1 aromatic heterocycles. The van der Waals surface area contributed by atoms with Crippen molar-refractivity contribution < 1.29 is 54.5 Å². The molecule has 0 radical (unpaired) electrons. The van der Waals surface area contributed by atoms with E-state index in [0.717, 1.165) is 17.6 Å². The lowest BCUT2D eigenvalue weighted by atomic mass is 9.80. The molecule has 1 aliphatic carbocycles. The largest absolute Gasteiger partial charge is 0.586 e. The molecule has 5 rings (SSSR count). The van der Waals surface area contributed by atoms with Crippen molar-refractivity contribution in [1.29, 1.82) is 0 Å². The van der Waals surface area contributed by atoms with Gasteiger partial charge in [-0.25, -0.2) is 0 Å². The van der Waals surface area contributed by atoms with Crippen LogP contribution >= 0.6 is 0 Å². The van der Waals surface area contributed by atoms with Crippen LogP contribution in [0.1, 0.15) is 61.3 Å². The van der Waals surface area contributed by atoms with E-state index in [-0.39, 0.29) is 53.9 Å². The Hall–Kier alpha value is -4.38. The number of carbonyl (C=O) groups is 1. The SMILES string of the molecule is CCN(CC1CCC(CC(=O)O)CC1)c1cc2c(cc1CN(Cc1cc(C(F)(F)F)cc(C(F)(F)F)c1)c1nnn(C)n1)OC(F)(F)O2. The monoisotopic (exact) mass is 692 g/mol. The zero-order chi connectivity index (χ0) is 35.0. The Morgan fingerprint density at radius 1 is 0.917 bits per heavy atom. The average molecular weight is 693 g/mol. The standard InChI is InChI=1S/C30H32F8N6O4/c1-3-43(14-18-6-4-17(5-7-18)10-26(45)46)23-13-25-24(47-30(37,38)48-25)11-20(23)16-44(27-39-41-42(2)40-27)15-19-8-21(28(31,32)33)12-22(9-19)29(34,35)36/h8-9,11-13,17-18H,3-7,10,14-16H2,1-2H3,(H,45,46). The average Bonchev–Trinajstić information content (AvgIpc) is 3.55. The number of rotatable bonds is 11. The van der Waals surface area contributed by atoms with Gasteiger partial charge in [0, 0.05) is 44.4 Å². The summed E-state index contributed by atoms with van der Waals surface area (Å²) in [5.74, 6) is -1.37. The van der Waals surface area contributed by atoms with E-state index in [2.05, 4.69) is 20.1 Å². The predicted octanol–water partition coefficient (Wildman–Crippen LogP) is 6.88. The Bertz CT molecular complexity index is 1590. The molecule has 0 spiro atoms. The molecule has 0 bridgehead atoms. The van der Waals surface area contributed by atoms with E-state index in [4.69, 9.17) is 9.84 Å². The third-order valence-electron chi connectivity index (χ3n) is 8.40. The Balaban J connectivity index is 1.51. The van der Waals surface area contributed by atoms with Crippen molar-refractivity contribution >= 4 is 17.6 Å². The maximum Gasteiger partial charge on any atom is 0.586 e. The summed E-state index contributed by atoms with van der Waals surface area (Å²) in [6, 6.07) is 3.87. The summed E-state index contributed by atoms with van der Waals surface area (Å²) in [7, 11) is 1.42. The summed E-state index contributed by atoms with van der Waals surface area (Å²) >= 11 is 0. The minimum absolute atomic E-state index is 0.0266. The van der Waals surface area contributed by atoms with Gasteiger partial charge in [0.25, 0.3) is 5.95 Å². The molecule has 2 heterocycles. The van der Waals surface area contributed by atoms with Crippen LogP contribution in [0.2, 0.25) is 0 Å². The molecule has 0 unspecified atom stereocenters. The van der Waals surface area contributed by atoms with Crippen LogP contribution in [0.25, 0.3) is 0 Å². The first-order valence-electron chi connectivity index (χ1n) is 15.1. The van der Waals surface area contributed by atoms with Crippen molar-refractivity contribution in [1.82, 2.24) is 20.2 Å². The van der Waals surface area contributed by atoms with Crippen LogP contribution in [0.5, 0.6) is 11.5 Å². The van der Waals surface area contributed by atoms with Crippen LogP contribution in [0, 0.1) is 11.8 Å². The van der Waals surface area contributed by atoms with E-state index in [1.165, 1.54) is 24.1 Å². The van der Waals surface area contributed by atoms with Crippen molar-refractivity contribution in [2.75, 3.05) is 22.9 Å². The third-order valence-corrected chi connectivity index (χ3v) is 8.40. The first-order chi connectivity index (χ1) is 22.4. The summed E-state index contributed by atoms with van der Waals surface area (Å²) in [6.07, 6.45) is -11.2. The first-order valence-corrected chi connectivity index (χ1v) is 15.1. The fourth-order valence-corrected chi connectivity index (χ4v) is 6.16. The van der Waals surface area contributed by atoms with Gasteiger partial charge in [-0.05, 0) is 85.0 Å². The fraction of sp³-hybridized carbons (Fsp3) is 0.533. The molecule has 10 nitrogen and oxygen atoms in total. The van der Waals surface area contributed by atoms with E-state index in [1.54, 1.807) is 0 Å². The molecule has 0 atom stereocenters. The molecular formula is C30H32F8N6O4. The minimum Gasteiger partial charge on any atom is -0.481 e. The fourth-order valence-electron chi connectivity index (χ4n) is 6.16. The number of anilines is 2. The van der Waals surface area contributed by atoms with Crippen LogP contribution < -0.4 is 19.3 Å². The third kappa shape index (κ3) is 8.36. The quantitative estimate of drug-likeness (QED) is 0.215. The molecule has 1 N–H and O–H groups in total. The molecule has 1 aliphatic heterocycles. The van der Waals surface area contributed by atoms with Gasteiger partial charge in [-0.2, -0.15) is 31.1 Å². The number of carboxylic acids is 1. The molecule has 1 saturated carbocycles. The number of aromatic nitrogens is 4. The van der Waals surface area contributed by atoms with Crippen molar-refractivity contribution in [2.45, 2.75) is 70.8 Å². The highest BCUT2D eigenvalue weighted by Crippen LogP contribution is 2.46. The zero-order valence-electron chi connectivity index (χ0n) is 25.8. The van der Waals surface area contributed by atoms with Gasteiger partial charge >= 0.3 is 24.6 Å². The highest BCUT2D eigenvalue weighted by Gasteiger charge is 2.44. The number of fused-ring (bicyclic) bond motifs is 1. The molecule has 262 valence electrons. The van der Waals surface area contributed by atoms with E-state index in [0.29, 0.717) is 49.3 Å². The van der Waals surface area contributed by atoms with Gasteiger partial charge in [0.2, 0.25) is 0 Å². The Kier molecular flexibility index (Phi) is 9.65. The second-order valence-electron chi connectivity index (χ2n) is 12.0. The number of halogens is 8. The smallest absolute Gasteiger partial charge is 0.481 e. The maximum atomic E-state index is 14.1. The number of alkyl halides is 8. The van der Waals surface area contributed by atoms with Gasteiger partial charge in [0.05, 0.1) is 18.2 Å². The molecule has 0 amide bonds. The van der Waals surface area contributed by atoms with E-state index in [9.17, 15) is 39.9 Å². The van der Waals surface area contributed by atoms with Crippen LogP contribution in [0.3, 0.4) is 0 Å². The van der Waals surface area contributed by atoms with Gasteiger partial charge < -0.3 is 24.4 Å². The molecule has 48 heavy (non-hydrogen) atoms. The first kappa shape index (κ1) is 34.9. The lowest BCUT2D eigenvalue weighted by Crippen LogP contribution is -2.33. The Morgan fingerprint density at radius 3 is 2.02 bits per heavy atom. The highest BCUT2D eigenvalue weighted by atomic mass is 19.4. The predicted molar refractivity (Wildman–Crippen MR) is 153 cm³/mol. The number of aliphatic carboxylic acids is 1. The second-order valence-corrected chi connectivity index (χ2v) is 12.0. The number of hydrogen-bond acceptors (Lipinski definition) is 8. The number of aryl methyl sites for hydroxylation is 1. The van der Waals surface area contributed by atoms with Crippen molar-refractivity contribution in [3.8, 4) is 11.5 Å². The topological polar surface area (TPSA) is 106 Å². The van der Waals surface area contributed by atoms with Crippen molar-refractivity contribution in [3.05, 3.63) is 52.6 Å². The van der Waals surface area contributed by atoms with Gasteiger partial charge in [-0.1, -0.05) is 5.10 Å². The molecule has 2 aliphatic rings. The number of nitrogens with zero attached hydrogens (tertiary/aromatic N) is 6. The summed E-state index contributed by atoms with van der Waals surface area (Å²) in [4.78, 5) is 15.4. The van der Waals surface area contributed by atoms with Crippen molar-refractivity contribution in [3.63, 3.8) is 0 Å². The van der Waals surface area contributed by atoms with Crippen LogP contribution in [-0.4, -0.2) is 50.7 Å². The van der Waals surface area contributed by atoms with Gasteiger partial charge in [-0.15, -0.1) is 13.9 Å². The number of ether oxygens (including phenoxy) is 2. The molecule has 18 heteroatoms. The number of hydrogen-bond donors (Lipinski definition) is 1. The maximum absolute atomic E-state index is 14.1. The zero-order valence-corrected chi connectivity index (χ0v) is 25.8. The summed E-state index contributed by atoms with van der Waals surface area (Å²) < 4.78 is 120. The molecule has 3 aromatic rings.